The van der Waals surface area contributed by atoms with Crippen LogP contribution < -0.4 is 0 Å². The van der Waals surface area contributed by atoms with Gasteiger partial charge in [-0.15, -0.1) is 0 Å². The predicted molar refractivity (Wildman–Crippen MR) is 49.3 cm³/mol. The third kappa shape index (κ3) is 1.42. The van der Waals surface area contributed by atoms with Gasteiger partial charge in [-0.2, -0.15) is 5.10 Å². The maximum Gasteiger partial charge on any atom is 0.246 e. The SMILES string of the molecule is CCn1nc(-c2ncco2)cc1CO. The number of aromatic nitrogens is 3. The van der Waals surface area contributed by atoms with Crippen LogP contribution in [0.15, 0.2) is 22.9 Å². The maximum atomic E-state index is 9.05. The van der Waals surface area contributed by atoms with Crippen molar-refractivity contribution < 1.29 is 9.52 Å². The summed E-state index contributed by atoms with van der Waals surface area (Å²) in [7, 11) is 0. The van der Waals surface area contributed by atoms with Crippen LogP contribution in [0.3, 0.4) is 0 Å². The number of hydrogen-bond acceptors (Lipinski definition) is 4. The summed E-state index contributed by atoms with van der Waals surface area (Å²) < 4.78 is 6.83. The monoisotopic (exact) mass is 193 g/mol. The highest BCUT2D eigenvalue weighted by atomic mass is 16.3. The van der Waals surface area contributed by atoms with E-state index in [-0.39, 0.29) is 6.61 Å². The summed E-state index contributed by atoms with van der Waals surface area (Å²) >= 11 is 0. The molecular formula is C9H11N3O2. The van der Waals surface area contributed by atoms with E-state index < -0.39 is 0 Å². The first kappa shape index (κ1) is 8.96. The van der Waals surface area contributed by atoms with Gasteiger partial charge in [-0.1, -0.05) is 0 Å². The van der Waals surface area contributed by atoms with E-state index in [1.54, 1.807) is 16.9 Å². The summed E-state index contributed by atoms with van der Waals surface area (Å²) in [5.74, 6) is 0.479. The number of aliphatic hydroxyl groups excluding tert-OH is 1. The molecule has 14 heavy (non-hydrogen) atoms. The molecule has 0 unspecified atom stereocenters. The molecule has 0 saturated carbocycles. The fourth-order valence-electron chi connectivity index (χ4n) is 1.31. The topological polar surface area (TPSA) is 64.1 Å². The van der Waals surface area contributed by atoms with Crippen LogP contribution >= 0.6 is 0 Å². The van der Waals surface area contributed by atoms with E-state index in [9.17, 15) is 0 Å². The van der Waals surface area contributed by atoms with Crippen LogP contribution in [0.1, 0.15) is 12.6 Å². The molecule has 74 valence electrons. The molecule has 0 atom stereocenters. The molecule has 1 N–H and O–H groups in total. The molecule has 0 fully saturated rings. The standard InChI is InChI=1S/C9H11N3O2/c1-2-12-7(6-13)5-8(11-12)9-10-3-4-14-9/h3-5,13H,2,6H2,1H3. The Hall–Kier alpha value is -1.62. The second kappa shape index (κ2) is 3.63. The van der Waals surface area contributed by atoms with Gasteiger partial charge < -0.3 is 9.52 Å². The van der Waals surface area contributed by atoms with E-state index in [4.69, 9.17) is 9.52 Å². The van der Waals surface area contributed by atoms with Gasteiger partial charge in [0.15, 0.2) is 0 Å². The molecule has 5 heteroatoms. The lowest BCUT2D eigenvalue weighted by Gasteiger charge is -1.98. The van der Waals surface area contributed by atoms with Crippen LogP contribution in [0.25, 0.3) is 11.6 Å². The molecule has 2 heterocycles. The van der Waals surface area contributed by atoms with Gasteiger partial charge >= 0.3 is 0 Å². The Morgan fingerprint density at radius 3 is 2.93 bits per heavy atom. The second-order valence-corrected chi connectivity index (χ2v) is 2.83. The average Bonchev–Trinajstić information content (AvgIpc) is 2.85. The van der Waals surface area contributed by atoms with Crippen molar-refractivity contribution in [1.29, 1.82) is 0 Å². The van der Waals surface area contributed by atoms with Gasteiger partial charge in [0.25, 0.3) is 0 Å². The van der Waals surface area contributed by atoms with Crippen molar-refractivity contribution in [3.8, 4) is 11.6 Å². The van der Waals surface area contributed by atoms with Gasteiger partial charge in [0.05, 0.1) is 18.5 Å². The van der Waals surface area contributed by atoms with Crippen molar-refractivity contribution in [1.82, 2.24) is 14.8 Å². The first-order valence-corrected chi connectivity index (χ1v) is 4.42. The summed E-state index contributed by atoms with van der Waals surface area (Å²) in [4.78, 5) is 3.99. The molecule has 0 saturated heterocycles. The molecule has 2 aromatic rings. The number of oxazole rings is 1. The zero-order chi connectivity index (χ0) is 9.97. The summed E-state index contributed by atoms with van der Waals surface area (Å²) in [5, 5.41) is 13.3. The lowest BCUT2D eigenvalue weighted by atomic mass is 10.3. The smallest absolute Gasteiger partial charge is 0.246 e. The van der Waals surface area contributed by atoms with Crippen molar-refractivity contribution in [2.45, 2.75) is 20.1 Å². The van der Waals surface area contributed by atoms with Crippen molar-refractivity contribution in [2.75, 3.05) is 0 Å². The quantitative estimate of drug-likeness (QED) is 0.791. The summed E-state index contributed by atoms with van der Waals surface area (Å²) in [6, 6.07) is 1.77. The Morgan fingerprint density at radius 1 is 1.57 bits per heavy atom. The Morgan fingerprint density at radius 2 is 2.43 bits per heavy atom. The number of rotatable bonds is 3. The molecule has 0 amide bonds. The minimum atomic E-state index is -0.0262. The molecular weight excluding hydrogens is 182 g/mol. The van der Waals surface area contributed by atoms with Gasteiger partial charge in [-0.05, 0) is 13.0 Å². The normalized spacial score (nSPS) is 10.7. The molecule has 5 nitrogen and oxygen atoms in total. The predicted octanol–water partition coefficient (Wildman–Crippen LogP) is 1.05. The van der Waals surface area contributed by atoms with Gasteiger partial charge in [-0.25, -0.2) is 4.98 Å². The van der Waals surface area contributed by atoms with E-state index >= 15 is 0 Å². The van der Waals surface area contributed by atoms with E-state index in [1.807, 2.05) is 6.92 Å². The van der Waals surface area contributed by atoms with Crippen LogP contribution in [-0.4, -0.2) is 19.9 Å². The Labute approximate surface area is 81.0 Å². The summed E-state index contributed by atoms with van der Waals surface area (Å²) in [5.41, 5.74) is 1.42. The third-order valence-electron chi connectivity index (χ3n) is 1.98. The first-order chi connectivity index (χ1) is 6.85. The largest absolute Gasteiger partial charge is 0.443 e. The highest BCUT2D eigenvalue weighted by Gasteiger charge is 2.10. The average molecular weight is 193 g/mol. The number of aliphatic hydroxyl groups is 1. The van der Waals surface area contributed by atoms with E-state index in [0.29, 0.717) is 11.6 Å². The van der Waals surface area contributed by atoms with Crippen LogP contribution in [0.5, 0.6) is 0 Å². The van der Waals surface area contributed by atoms with E-state index in [0.717, 1.165) is 12.2 Å². The van der Waals surface area contributed by atoms with Crippen LogP contribution in [0.2, 0.25) is 0 Å². The van der Waals surface area contributed by atoms with E-state index in [1.165, 1.54) is 6.26 Å². The number of nitrogens with zero attached hydrogens (tertiary/aromatic N) is 3. The molecule has 0 spiro atoms. The Bertz CT molecular complexity index is 384. The lowest BCUT2D eigenvalue weighted by Crippen LogP contribution is -2.01. The number of aryl methyl sites for hydroxylation is 1. The van der Waals surface area contributed by atoms with Crippen molar-refractivity contribution in [3.63, 3.8) is 0 Å². The van der Waals surface area contributed by atoms with Gasteiger partial charge in [0.2, 0.25) is 5.89 Å². The van der Waals surface area contributed by atoms with Gasteiger partial charge in [0.1, 0.15) is 12.0 Å². The highest BCUT2D eigenvalue weighted by Crippen LogP contribution is 2.16. The fourth-order valence-corrected chi connectivity index (χ4v) is 1.31. The Balaban J connectivity index is 2.41. The van der Waals surface area contributed by atoms with Gasteiger partial charge in [-0.3, -0.25) is 4.68 Å². The van der Waals surface area contributed by atoms with Gasteiger partial charge in [0, 0.05) is 6.54 Å². The van der Waals surface area contributed by atoms with Crippen molar-refractivity contribution in [3.05, 3.63) is 24.2 Å². The molecule has 0 radical (unpaired) electrons. The van der Waals surface area contributed by atoms with Crippen LogP contribution in [0.4, 0.5) is 0 Å². The second-order valence-electron chi connectivity index (χ2n) is 2.83. The molecule has 0 aliphatic carbocycles. The molecule has 2 aromatic heterocycles. The first-order valence-electron chi connectivity index (χ1n) is 4.42. The van der Waals surface area contributed by atoms with Crippen LogP contribution in [0, 0.1) is 0 Å². The lowest BCUT2D eigenvalue weighted by molar-refractivity contribution is 0.268. The zero-order valence-electron chi connectivity index (χ0n) is 7.84. The molecule has 0 bridgehead atoms. The minimum Gasteiger partial charge on any atom is -0.443 e. The Kier molecular flexibility index (Phi) is 2.32. The maximum absolute atomic E-state index is 9.05. The summed E-state index contributed by atoms with van der Waals surface area (Å²) in [6.07, 6.45) is 3.07. The molecule has 0 aliphatic rings. The van der Waals surface area contributed by atoms with E-state index in [2.05, 4.69) is 10.1 Å². The van der Waals surface area contributed by atoms with Crippen molar-refractivity contribution >= 4 is 0 Å². The molecule has 2 rings (SSSR count). The molecule has 0 aromatic carbocycles. The minimum absolute atomic E-state index is 0.0262. The highest BCUT2D eigenvalue weighted by molar-refractivity contribution is 5.46. The summed E-state index contributed by atoms with van der Waals surface area (Å²) in [6.45, 7) is 2.66. The van der Waals surface area contributed by atoms with Crippen molar-refractivity contribution in [2.24, 2.45) is 0 Å². The molecule has 0 aliphatic heterocycles. The van der Waals surface area contributed by atoms with Crippen LogP contribution in [-0.2, 0) is 13.2 Å². The fraction of sp³-hybridized carbons (Fsp3) is 0.333. The zero-order valence-corrected chi connectivity index (χ0v) is 7.84. The number of hydrogen-bond donors (Lipinski definition) is 1. The third-order valence-corrected chi connectivity index (χ3v) is 1.98.